The second-order valence-electron chi connectivity index (χ2n) is 3.75. The quantitative estimate of drug-likeness (QED) is 0.524. The van der Waals surface area contributed by atoms with Gasteiger partial charge in [-0.25, -0.2) is 0 Å². The molecule has 0 aliphatic rings. The van der Waals surface area contributed by atoms with Crippen molar-refractivity contribution in [1.82, 2.24) is 0 Å². The predicted molar refractivity (Wildman–Crippen MR) is 60.3 cm³/mol. The molecule has 0 aliphatic heterocycles. The largest absolute Gasteiger partial charge is 0.534 e. The van der Waals surface area contributed by atoms with Crippen LogP contribution in [0, 0.1) is 0 Å². The van der Waals surface area contributed by atoms with E-state index in [1.54, 1.807) is 0 Å². The Balaban J connectivity index is 3.38. The summed E-state index contributed by atoms with van der Waals surface area (Å²) in [5.74, 6) is -1.18. The zero-order valence-electron chi connectivity index (χ0n) is 9.92. The topological polar surface area (TPSA) is 69.4 Å². The van der Waals surface area contributed by atoms with Crippen LogP contribution in [0.15, 0.2) is 24.8 Å². The van der Waals surface area contributed by atoms with Gasteiger partial charge in [0.25, 0.3) is 0 Å². The molecule has 0 aliphatic carbocycles. The van der Waals surface area contributed by atoms with Gasteiger partial charge in [0, 0.05) is 11.3 Å². The van der Waals surface area contributed by atoms with E-state index in [2.05, 4.69) is 10.8 Å². The lowest BCUT2D eigenvalue weighted by Gasteiger charge is -2.14. The molecule has 0 unspecified atom stereocenters. The van der Waals surface area contributed by atoms with Crippen LogP contribution in [0.1, 0.15) is 11.1 Å². The van der Waals surface area contributed by atoms with Gasteiger partial charge in [-0.3, -0.25) is 0 Å². The first-order valence-electron chi connectivity index (χ1n) is 4.92. The average molecular weight is 335 g/mol. The van der Waals surface area contributed by atoms with Crippen molar-refractivity contribution < 1.29 is 38.9 Å². The van der Waals surface area contributed by atoms with E-state index in [0.717, 1.165) is 0 Å². The van der Waals surface area contributed by atoms with Gasteiger partial charge < -0.3 is 9.92 Å². The second kappa shape index (κ2) is 5.13. The first-order chi connectivity index (χ1) is 9.24. The molecule has 1 aromatic rings. The minimum atomic E-state index is -6.09. The van der Waals surface area contributed by atoms with Crippen molar-refractivity contribution in [3.05, 3.63) is 35.9 Å². The van der Waals surface area contributed by atoms with Gasteiger partial charge in [-0.15, -0.1) is 0 Å². The SMILES string of the molecule is C=C(N)c1cc(OS(=O)(=O)C(F)(F)F)cc(C(F)(F)F)c1. The minimum absolute atomic E-state index is 0.107. The van der Waals surface area contributed by atoms with Crippen molar-refractivity contribution in [2.24, 2.45) is 5.73 Å². The van der Waals surface area contributed by atoms with Crippen LogP contribution in [0.3, 0.4) is 0 Å². The van der Waals surface area contributed by atoms with Crippen LogP contribution in [0.2, 0.25) is 0 Å². The van der Waals surface area contributed by atoms with Crippen LogP contribution in [0.4, 0.5) is 26.3 Å². The van der Waals surface area contributed by atoms with Crippen LogP contribution >= 0.6 is 0 Å². The van der Waals surface area contributed by atoms with Crippen molar-refractivity contribution in [3.63, 3.8) is 0 Å². The van der Waals surface area contributed by atoms with Gasteiger partial charge in [-0.2, -0.15) is 34.8 Å². The Morgan fingerprint density at radius 3 is 2.00 bits per heavy atom. The summed E-state index contributed by atoms with van der Waals surface area (Å²) in [7, 11) is -6.09. The van der Waals surface area contributed by atoms with E-state index in [9.17, 15) is 34.8 Å². The third-order valence-corrected chi connectivity index (χ3v) is 3.07. The van der Waals surface area contributed by atoms with Crippen LogP contribution < -0.4 is 9.92 Å². The molecule has 4 nitrogen and oxygen atoms in total. The molecule has 11 heteroatoms. The van der Waals surface area contributed by atoms with Crippen molar-refractivity contribution in [2.75, 3.05) is 0 Å². The number of benzene rings is 1. The lowest BCUT2D eigenvalue weighted by molar-refractivity contribution is -0.137. The maximum atomic E-state index is 12.6. The van der Waals surface area contributed by atoms with E-state index in [1.807, 2.05) is 0 Å². The monoisotopic (exact) mass is 335 g/mol. The van der Waals surface area contributed by atoms with Gasteiger partial charge in [-0.1, -0.05) is 6.58 Å². The summed E-state index contributed by atoms with van der Waals surface area (Å²) in [6.07, 6.45) is -4.94. The summed E-state index contributed by atoms with van der Waals surface area (Å²) in [5.41, 5.74) is -2.88. The first-order valence-corrected chi connectivity index (χ1v) is 6.32. The van der Waals surface area contributed by atoms with Gasteiger partial charge in [0.15, 0.2) is 0 Å². The molecule has 0 atom stereocenters. The number of hydrogen-bond acceptors (Lipinski definition) is 4. The molecule has 0 saturated heterocycles. The number of hydrogen-bond donors (Lipinski definition) is 1. The Labute approximate surface area is 114 Å². The van der Waals surface area contributed by atoms with Crippen molar-refractivity contribution in [1.29, 1.82) is 0 Å². The fourth-order valence-electron chi connectivity index (χ4n) is 1.17. The Hall–Kier alpha value is -1.91. The average Bonchev–Trinajstić information content (AvgIpc) is 2.24. The van der Waals surface area contributed by atoms with Crippen molar-refractivity contribution >= 4 is 15.8 Å². The second-order valence-corrected chi connectivity index (χ2v) is 5.29. The Morgan fingerprint density at radius 2 is 1.62 bits per heavy atom. The molecule has 1 aromatic carbocycles. The standard InChI is InChI=1S/C10H7F6NO3S/c1-5(17)6-2-7(9(11,12)13)4-8(3-6)20-21(18,19)10(14,15)16/h2-4H,1,17H2. The molecular formula is C10H7F6NO3S. The van der Waals surface area contributed by atoms with Crippen LogP contribution in [0.5, 0.6) is 5.75 Å². The normalized spacial score (nSPS) is 13.0. The predicted octanol–water partition coefficient (Wildman–Crippen LogP) is 2.86. The molecular weight excluding hydrogens is 328 g/mol. The van der Waals surface area contributed by atoms with E-state index in [4.69, 9.17) is 5.73 Å². The summed E-state index contributed by atoms with van der Waals surface area (Å²) in [6, 6.07) is 1.20. The fraction of sp³-hybridized carbons (Fsp3) is 0.200. The molecule has 0 heterocycles. The zero-order chi connectivity index (χ0) is 16.6. The maximum Gasteiger partial charge on any atom is 0.534 e. The number of rotatable bonds is 3. The molecule has 1 rings (SSSR count). The van der Waals surface area contributed by atoms with E-state index in [1.165, 1.54) is 0 Å². The first kappa shape index (κ1) is 17.1. The molecule has 0 amide bonds. The lowest BCUT2D eigenvalue weighted by atomic mass is 10.1. The van der Waals surface area contributed by atoms with Gasteiger partial charge in [0.05, 0.1) is 5.56 Å². The van der Waals surface area contributed by atoms with Gasteiger partial charge in [0.1, 0.15) is 5.75 Å². The fourth-order valence-corrected chi connectivity index (χ4v) is 1.61. The van der Waals surface area contributed by atoms with Crippen LogP contribution in [0.25, 0.3) is 5.70 Å². The van der Waals surface area contributed by atoms with E-state index < -0.39 is 44.4 Å². The Morgan fingerprint density at radius 1 is 1.10 bits per heavy atom. The third kappa shape index (κ3) is 4.03. The zero-order valence-corrected chi connectivity index (χ0v) is 10.7. The van der Waals surface area contributed by atoms with Gasteiger partial charge in [-0.05, 0) is 18.2 Å². The molecule has 0 bridgehead atoms. The smallest absolute Gasteiger partial charge is 0.399 e. The van der Waals surface area contributed by atoms with Crippen molar-refractivity contribution in [3.8, 4) is 5.75 Å². The van der Waals surface area contributed by atoms with Crippen LogP contribution in [-0.4, -0.2) is 13.9 Å². The molecule has 0 saturated carbocycles. The highest BCUT2D eigenvalue weighted by Gasteiger charge is 2.48. The molecule has 2 N–H and O–H groups in total. The molecule has 0 aromatic heterocycles. The van der Waals surface area contributed by atoms with E-state index in [-0.39, 0.29) is 6.07 Å². The molecule has 21 heavy (non-hydrogen) atoms. The summed E-state index contributed by atoms with van der Waals surface area (Å²) >= 11 is 0. The highest BCUT2D eigenvalue weighted by atomic mass is 32.2. The Bertz CT molecular complexity index is 662. The molecule has 0 spiro atoms. The molecule has 0 radical (unpaired) electrons. The Kier molecular flexibility index (Phi) is 4.19. The van der Waals surface area contributed by atoms with Crippen molar-refractivity contribution in [2.45, 2.75) is 11.7 Å². The summed E-state index contributed by atoms with van der Waals surface area (Å²) in [5, 5.41) is 0. The number of alkyl halides is 6. The van der Waals surface area contributed by atoms with Gasteiger partial charge in [0.2, 0.25) is 0 Å². The molecule has 0 fully saturated rings. The van der Waals surface area contributed by atoms with E-state index in [0.29, 0.717) is 12.1 Å². The summed E-state index contributed by atoms with van der Waals surface area (Å²) in [6.45, 7) is 3.12. The van der Waals surface area contributed by atoms with E-state index >= 15 is 0 Å². The summed E-state index contributed by atoms with van der Waals surface area (Å²) < 4.78 is 99.4. The minimum Gasteiger partial charge on any atom is -0.399 e. The highest BCUT2D eigenvalue weighted by molar-refractivity contribution is 7.88. The highest BCUT2D eigenvalue weighted by Crippen LogP contribution is 2.35. The third-order valence-electron chi connectivity index (χ3n) is 2.09. The van der Waals surface area contributed by atoms with Crippen LogP contribution in [-0.2, 0) is 16.3 Å². The number of nitrogens with two attached hydrogens (primary N) is 1. The molecule has 118 valence electrons. The maximum absolute atomic E-state index is 12.6. The number of halogens is 6. The lowest BCUT2D eigenvalue weighted by Crippen LogP contribution is -2.28. The van der Waals surface area contributed by atoms with Gasteiger partial charge >= 0.3 is 21.8 Å². The summed E-state index contributed by atoms with van der Waals surface area (Å²) in [4.78, 5) is 0.